The van der Waals surface area contributed by atoms with Crippen LogP contribution in [0, 0.1) is 50.2 Å². The monoisotopic (exact) mass is 219 g/mol. The molecule has 0 aromatic carbocycles. The van der Waals surface area contributed by atoms with Gasteiger partial charge in [0.2, 0.25) is 0 Å². The Balaban J connectivity index is 0. The molecule has 6 heavy (non-hydrogen) atoms. The molecular weight excluding hydrogens is 216 g/mol. The Bertz CT molecular complexity index is 31.8. The zero-order chi connectivity index (χ0) is 5.58. The van der Waals surface area contributed by atoms with E-state index in [0.717, 1.165) is 40.0 Å². The molecule has 0 aromatic rings. The normalized spacial score (nSPS) is 4.67. The Kier molecular flexibility index (Phi) is 14.8. The first-order chi connectivity index (χ1) is 2.73. The van der Waals surface area contributed by atoms with E-state index < -0.39 is 5.09 Å². The van der Waals surface area contributed by atoms with Crippen LogP contribution in [0.2, 0.25) is 0 Å². The molecule has 0 saturated heterocycles. The third-order valence-corrected chi connectivity index (χ3v) is 0. The molecule has 0 amide bonds. The van der Waals surface area contributed by atoms with Crippen molar-refractivity contribution in [1.29, 1.82) is 0 Å². The van der Waals surface area contributed by atoms with Crippen LogP contribution in [-0.2, 0) is 0 Å². The fourth-order valence-corrected chi connectivity index (χ4v) is 0. The average molecular weight is 219 g/mol. The van der Waals surface area contributed by atoms with Crippen LogP contribution in [0.1, 0.15) is 0 Å². The molecule has 0 aliphatic rings. The van der Waals surface area contributed by atoms with E-state index in [4.69, 9.17) is 15.3 Å². The fourth-order valence-electron chi connectivity index (χ4n) is 0. The topological polar surface area (TPSA) is 89.4 Å². The van der Waals surface area contributed by atoms with Crippen molar-refractivity contribution in [3.05, 3.63) is 10.1 Å². The summed E-state index contributed by atoms with van der Waals surface area (Å²) in [5.41, 5.74) is 0. The zero-order valence-electron chi connectivity index (χ0n) is 2.79. The molecule has 0 radical (unpaired) electrons. The number of hydrogen-bond acceptors (Lipinski definition) is 3. The summed E-state index contributed by atoms with van der Waals surface area (Å²) >= 11 is 0.806. The van der Waals surface area contributed by atoms with Crippen LogP contribution in [0.4, 0.5) is 0 Å². The maximum atomic E-state index is 8.36. The van der Waals surface area contributed by atoms with Crippen molar-refractivity contribution in [3.8, 4) is 0 Å². The summed E-state index contributed by atoms with van der Waals surface area (Å²) < 4.78 is 4.64. The van der Waals surface area contributed by atoms with Gasteiger partial charge in [0.15, 0.2) is 0 Å². The number of rotatable bonds is 0. The van der Waals surface area contributed by atoms with E-state index in [-0.39, 0.29) is 0 Å². The summed E-state index contributed by atoms with van der Waals surface area (Å²) in [7, 11) is 0. The molecule has 0 aromatic heterocycles. The second-order valence-corrected chi connectivity index (χ2v) is 0.238. The second-order valence-electron chi connectivity index (χ2n) is 0.238. The van der Waals surface area contributed by atoms with E-state index in [1.807, 2.05) is 0 Å². The van der Waals surface area contributed by atoms with E-state index in [0.29, 0.717) is 0 Å². The number of hydrogen-bond donors (Lipinski definition) is 2. The number of nitrogens with two attached hydrogens (primary N) is 1. The van der Waals surface area contributed by atoms with Crippen LogP contribution < -0.4 is 1.70 Å². The van der Waals surface area contributed by atoms with Crippen molar-refractivity contribution in [3.63, 3.8) is 0 Å². The van der Waals surface area contributed by atoms with Crippen LogP contribution >= 0.6 is 0 Å². The van der Waals surface area contributed by atoms with Crippen LogP contribution in [0.15, 0.2) is 0 Å². The standard InChI is InChI=1S/Ce.HNO3.H2N/c;2-1(3)4;/h;(H,2,3,4);1H2/q+1;;-1. The minimum atomic E-state index is -1.50. The summed E-state index contributed by atoms with van der Waals surface area (Å²) in [4.78, 5) is 8.36. The van der Waals surface area contributed by atoms with E-state index in [2.05, 4.69) is 1.70 Å². The van der Waals surface area contributed by atoms with Gasteiger partial charge >= 0.3 is 41.7 Å². The van der Waals surface area contributed by atoms with Crippen molar-refractivity contribution in [2.75, 3.05) is 0 Å². The van der Waals surface area contributed by atoms with E-state index in [1.54, 1.807) is 0 Å². The van der Waals surface area contributed by atoms with E-state index in [1.165, 1.54) is 0 Å². The molecule has 0 atom stereocenters. The Labute approximate surface area is 61.6 Å². The molecule has 0 unspecified atom stereocenters. The van der Waals surface area contributed by atoms with Gasteiger partial charge in [0, 0.05) is 0 Å². The van der Waals surface area contributed by atoms with Gasteiger partial charge < -0.3 is 5.21 Å². The molecule has 0 spiro atoms. The van der Waals surface area contributed by atoms with Crippen molar-refractivity contribution in [2.45, 2.75) is 0 Å². The third-order valence-electron chi connectivity index (χ3n) is 0. The van der Waals surface area contributed by atoms with E-state index >= 15 is 0 Å². The first kappa shape index (κ1) is 9.74. The van der Waals surface area contributed by atoms with Crippen LogP contribution in [0.3, 0.4) is 0 Å². The molecule has 0 saturated carbocycles. The average Bonchev–Trinajstić information content (AvgIpc) is 1.41. The van der Waals surface area contributed by atoms with Gasteiger partial charge in [-0.1, -0.05) is 0 Å². The third kappa shape index (κ3) is 197. The van der Waals surface area contributed by atoms with Crippen LogP contribution in [0.25, 0.3) is 0 Å². The second kappa shape index (κ2) is 9.11. The van der Waals surface area contributed by atoms with Gasteiger partial charge in [0.25, 0.3) is 5.09 Å². The van der Waals surface area contributed by atoms with Gasteiger partial charge in [0.05, 0.1) is 0 Å². The minimum absolute atomic E-state index is 0.806. The Morgan fingerprint density at radius 3 is 1.83 bits per heavy atom. The molecule has 0 fully saturated rings. The van der Waals surface area contributed by atoms with Gasteiger partial charge in [-0.15, -0.1) is 10.1 Å². The quantitative estimate of drug-likeness (QED) is 0.406. The Hall–Kier alpha value is 0.537. The van der Waals surface area contributed by atoms with Crippen LogP contribution in [0.5, 0.6) is 0 Å². The predicted octanol–water partition coefficient (Wildman–Crippen LogP) is -0.938. The molecule has 3 N–H and O–H groups in total. The summed E-state index contributed by atoms with van der Waals surface area (Å²) in [6, 6.07) is 0. The molecule has 0 rings (SSSR count). The molecule has 5 nitrogen and oxygen atoms in total. The summed E-state index contributed by atoms with van der Waals surface area (Å²) in [5.74, 6) is 0. The molecule has 35 valence electrons. The zero-order valence-corrected chi connectivity index (χ0v) is 5.93. The van der Waals surface area contributed by atoms with E-state index in [9.17, 15) is 0 Å². The van der Waals surface area contributed by atoms with Crippen molar-refractivity contribution in [2.24, 2.45) is 1.70 Å². The summed E-state index contributed by atoms with van der Waals surface area (Å²) in [6.07, 6.45) is 0. The molecule has 6 heteroatoms. The van der Waals surface area contributed by atoms with Gasteiger partial charge in [-0.25, -0.2) is 0 Å². The van der Waals surface area contributed by atoms with Gasteiger partial charge in [-0.2, -0.15) is 0 Å². The van der Waals surface area contributed by atoms with Crippen LogP contribution in [-0.4, -0.2) is 10.3 Å². The van der Waals surface area contributed by atoms with Crippen molar-refractivity contribution < 1.29 is 50.3 Å². The van der Waals surface area contributed by atoms with Gasteiger partial charge in [0.1, 0.15) is 0 Å². The summed E-state index contributed by atoms with van der Waals surface area (Å²) in [5, 5.41) is 13.6. The predicted molar refractivity (Wildman–Crippen MR) is 13.0 cm³/mol. The first-order valence-corrected chi connectivity index (χ1v) is 2.67. The maximum absolute atomic E-state index is 8.36. The Morgan fingerprint density at radius 1 is 1.83 bits per heavy atom. The molecule has 0 bridgehead atoms. The molecule has 0 heterocycles. The fraction of sp³-hybridized carbons (Fsp3) is 0. The van der Waals surface area contributed by atoms with Crippen molar-refractivity contribution in [1.82, 2.24) is 0 Å². The summed E-state index contributed by atoms with van der Waals surface area (Å²) in [6.45, 7) is 0. The molecular formula is H3CeN2O3. The molecule has 0 aliphatic heterocycles. The SMILES string of the molecule is O=[N+]([O-])O.[NH2][Ce]. The van der Waals surface area contributed by atoms with Gasteiger partial charge in [-0.05, 0) is 0 Å². The molecule has 0 aliphatic carbocycles. The Morgan fingerprint density at radius 2 is 1.83 bits per heavy atom. The first-order valence-electron chi connectivity index (χ1n) is 0.854. The van der Waals surface area contributed by atoms with Crippen molar-refractivity contribution >= 4 is 0 Å². The number of nitrogens with zero attached hydrogens (tertiary/aromatic N) is 1. The van der Waals surface area contributed by atoms with Gasteiger partial charge in [-0.3, -0.25) is 0 Å².